The maximum absolute atomic E-state index is 13.9. The standard InChI is InChI=1S/C34H47N3O4S/c1-4-16-35-33(39)31(5-2)36(17-15-25-9-7-6-8-10-25)32(38)24-37(42(3,40)41)30-13-11-29(12-14-30)34-21-26-18-27(22-34)20-28(19-26)23-34/h6-14,26-28,31H,4-5,15-24H2,1-3H3,(H,35,39)/t26?,27?,28?,31-,34?/m0/s1. The Morgan fingerprint density at radius 2 is 1.52 bits per heavy atom. The van der Waals surface area contributed by atoms with Crippen LogP contribution in [-0.2, 0) is 31.4 Å². The van der Waals surface area contributed by atoms with E-state index in [0.29, 0.717) is 31.6 Å². The minimum Gasteiger partial charge on any atom is -0.354 e. The summed E-state index contributed by atoms with van der Waals surface area (Å²) in [5.74, 6) is 1.89. The van der Waals surface area contributed by atoms with E-state index < -0.39 is 16.1 Å². The first kappa shape index (κ1) is 30.6. The number of carbonyl (C=O) groups excluding carboxylic acids is 2. The molecule has 0 aliphatic heterocycles. The number of amides is 2. The number of hydrogen-bond acceptors (Lipinski definition) is 4. The number of hydrogen-bond donors (Lipinski definition) is 1. The topological polar surface area (TPSA) is 86.8 Å². The second-order valence-corrected chi connectivity index (χ2v) is 15.0. The minimum atomic E-state index is -3.75. The van der Waals surface area contributed by atoms with Gasteiger partial charge in [0.15, 0.2) is 0 Å². The van der Waals surface area contributed by atoms with Crippen molar-refractivity contribution in [3.63, 3.8) is 0 Å². The Bertz CT molecular complexity index is 1310. The average Bonchev–Trinajstić information content (AvgIpc) is 2.96. The highest BCUT2D eigenvalue weighted by Crippen LogP contribution is 2.60. The fourth-order valence-electron chi connectivity index (χ4n) is 8.32. The highest BCUT2D eigenvalue weighted by Gasteiger charge is 2.51. The van der Waals surface area contributed by atoms with Crippen LogP contribution in [0.3, 0.4) is 0 Å². The highest BCUT2D eigenvalue weighted by atomic mass is 32.2. The summed E-state index contributed by atoms with van der Waals surface area (Å²) in [6.45, 7) is 4.38. The first-order valence-electron chi connectivity index (χ1n) is 15.8. The van der Waals surface area contributed by atoms with E-state index in [1.165, 1.54) is 48.4 Å². The summed E-state index contributed by atoms with van der Waals surface area (Å²) in [5.41, 5.74) is 3.08. The molecule has 2 amide bonds. The third-order valence-electron chi connectivity index (χ3n) is 9.90. The van der Waals surface area contributed by atoms with Crippen LogP contribution in [0, 0.1) is 17.8 Å². The second-order valence-electron chi connectivity index (χ2n) is 13.1. The molecule has 0 aromatic heterocycles. The molecule has 4 aliphatic carbocycles. The van der Waals surface area contributed by atoms with Crippen molar-refractivity contribution in [2.45, 2.75) is 83.1 Å². The van der Waals surface area contributed by atoms with E-state index in [1.807, 2.05) is 56.3 Å². The van der Waals surface area contributed by atoms with Crippen molar-refractivity contribution in [1.82, 2.24) is 10.2 Å². The van der Waals surface area contributed by atoms with Crippen molar-refractivity contribution in [2.75, 3.05) is 30.2 Å². The van der Waals surface area contributed by atoms with Crippen molar-refractivity contribution < 1.29 is 18.0 Å². The van der Waals surface area contributed by atoms with Crippen LogP contribution in [0.15, 0.2) is 54.6 Å². The molecule has 4 aliphatic rings. The van der Waals surface area contributed by atoms with E-state index in [2.05, 4.69) is 17.4 Å². The number of benzene rings is 2. The van der Waals surface area contributed by atoms with Crippen molar-refractivity contribution in [1.29, 1.82) is 0 Å². The summed E-state index contributed by atoms with van der Waals surface area (Å²) < 4.78 is 27.3. The molecule has 4 fully saturated rings. The molecule has 2 aromatic rings. The Morgan fingerprint density at radius 3 is 2.05 bits per heavy atom. The maximum atomic E-state index is 13.9. The lowest BCUT2D eigenvalue weighted by molar-refractivity contribution is -0.139. The van der Waals surface area contributed by atoms with Crippen LogP contribution in [0.2, 0.25) is 0 Å². The highest BCUT2D eigenvalue weighted by molar-refractivity contribution is 7.92. The van der Waals surface area contributed by atoms with Gasteiger partial charge in [0, 0.05) is 13.1 Å². The third-order valence-corrected chi connectivity index (χ3v) is 11.0. The van der Waals surface area contributed by atoms with Crippen LogP contribution in [0.5, 0.6) is 0 Å². The van der Waals surface area contributed by atoms with Gasteiger partial charge in [-0.3, -0.25) is 13.9 Å². The first-order chi connectivity index (χ1) is 20.1. The minimum absolute atomic E-state index is 0.202. The molecule has 1 N–H and O–H groups in total. The zero-order valence-electron chi connectivity index (χ0n) is 25.4. The molecule has 6 rings (SSSR count). The number of rotatable bonds is 13. The molecule has 8 heteroatoms. The van der Waals surface area contributed by atoms with E-state index >= 15 is 0 Å². The lowest BCUT2D eigenvalue weighted by Gasteiger charge is -2.57. The number of sulfonamides is 1. The van der Waals surface area contributed by atoms with Gasteiger partial charge in [-0.2, -0.15) is 0 Å². The van der Waals surface area contributed by atoms with Crippen LogP contribution < -0.4 is 9.62 Å². The molecule has 1 atom stereocenters. The maximum Gasteiger partial charge on any atom is 0.244 e. The first-order valence-corrected chi connectivity index (χ1v) is 17.7. The molecule has 0 saturated heterocycles. The average molecular weight is 594 g/mol. The van der Waals surface area contributed by atoms with E-state index in [0.717, 1.165) is 36.0 Å². The summed E-state index contributed by atoms with van der Waals surface area (Å²) in [5, 5.41) is 2.93. The summed E-state index contributed by atoms with van der Waals surface area (Å²) in [4.78, 5) is 28.6. The Labute approximate surface area is 252 Å². The molecule has 0 radical (unpaired) electrons. The fourth-order valence-corrected chi connectivity index (χ4v) is 9.17. The van der Waals surface area contributed by atoms with Crippen LogP contribution in [0.4, 0.5) is 5.69 Å². The van der Waals surface area contributed by atoms with E-state index in [-0.39, 0.29) is 23.8 Å². The lowest BCUT2D eigenvalue weighted by Crippen LogP contribution is -2.53. The van der Waals surface area contributed by atoms with Crippen molar-refractivity contribution in [3.8, 4) is 0 Å². The summed E-state index contributed by atoms with van der Waals surface area (Å²) in [6.07, 6.45) is 10.8. The van der Waals surface area contributed by atoms with Crippen LogP contribution in [-0.4, -0.2) is 57.1 Å². The third kappa shape index (κ3) is 6.69. The van der Waals surface area contributed by atoms with Crippen LogP contribution >= 0.6 is 0 Å². The van der Waals surface area contributed by atoms with Crippen molar-refractivity contribution in [3.05, 3.63) is 65.7 Å². The Kier molecular flexibility index (Phi) is 9.31. The van der Waals surface area contributed by atoms with Gasteiger partial charge >= 0.3 is 0 Å². The quantitative estimate of drug-likeness (QED) is 0.342. The zero-order valence-corrected chi connectivity index (χ0v) is 26.2. The number of anilines is 1. The zero-order chi connectivity index (χ0) is 29.9. The molecular formula is C34H47N3O4S. The van der Waals surface area contributed by atoms with Gasteiger partial charge in [-0.15, -0.1) is 0 Å². The van der Waals surface area contributed by atoms with Crippen molar-refractivity contribution >= 4 is 27.5 Å². The monoisotopic (exact) mass is 593 g/mol. The second kappa shape index (κ2) is 12.8. The molecule has 7 nitrogen and oxygen atoms in total. The predicted molar refractivity (Wildman–Crippen MR) is 168 cm³/mol. The van der Waals surface area contributed by atoms with Gasteiger partial charge in [0.25, 0.3) is 0 Å². The van der Waals surface area contributed by atoms with Gasteiger partial charge in [-0.05, 0) is 104 Å². The Morgan fingerprint density at radius 1 is 0.929 bits per heavy atom. The molecule has 0 heterocycles. The van der Waals surface area contributed by atoms with Gasteiger partial charge in [0.2, 0.25) is 21.8 Å². The number of nitrogens with zero attached hydrogens (tertiary/aromatic N) is 2. The normalized spacial score (nSPS) is 25.2. The molecule has 228 valence electrons. The van der Waals surface area contributed by atoms with Crippen molar-refractivity contribution in [2.24, 2.45) is 17.8 Å². The van der Waals surface area contributed by atoms with E-state index in [1.54, 1.807) is 4.90 Å². The summed E-state index contributed by atoms with van der Waals surface area (Å²) >= 11 is 0. The van der Waals surface area contributed by atoms with Crippen LogP contribution in [0.1, 0.15) is 76.3 Å². The Hall–Kier alpha value is -2.87. The van der Waals surface area contributed by atoms with E-state index in [4.69, 9.17) is 0 Å². The molecule has 42 heavy (non-hydrogen) atoms. The smallest absolute Gasteiger partial charge is 0.244 e. The molecule has 0 unspecified atom stereocenters. The molecule has 4 bridgehead atoms. The fraction of sp³-hybridized carbons (Fsp3) is 0.588. The van der Waals surface area contributed by atoms with Gasteiger partial charge in [-0.1, -0.05) is 56.3 Å². The molecule has 4 saturated carbocycles. The lowest BCUT2D eigenvalue weighted by atomic mass is 9.48. The molecular weight excluding hydrogens is 546 g/mol. The predicted octanol–water partition coefficient (Wildman–Crippen LogP) is 5.30. The largest absolute Gasteiger partial charge is 0.354 e. The molecule has 2 aromatic carbocycles. The molecule has 0 spiro atoms. The van der Waals surface area contributed by atoms with Crippen LogP contribution in [0.25, 0.3) is 0 Å². The van der Waals surface area contributed by atoms with Gasteiger partial charge in [-0.25, -0.2) is 8.42 Å². The SMILES string of the molecule is CCCNC(=O)[C@H](CC)N(CCc1ccccc1)C(=O)CN(c1ccc(C23CC4CC(CC(C4)C2)C3)cc1)S(C)(=O)=O. The number of carbonyl (C=O) groups is 2. The van der Waals surface area contributed by atoms with Gasteiger partial charge < -0.3 is 10.2 Å². The van der Waals surface area contributed by atoms with E-state index in [9.17, 15) is 18.0 Å². The van der Waals surface area contributed by atoms with Gasteiger partial charge in [0.1, 0.15) is 12.6 Å². The van der Waals surface area contributed by atoms with Gasteiger partial charge in [0.05, 0.1) is 11.9 Å². The Balaban J connectivity index is 1.37. The summed E-state index contributed by atoms with van der Waals surface area (Å²) in [6, 6.07) is 17.1. The number of nitrogens with one attached hydrogen (secondary N) is 1. The summed E-state index contributed by atoms with van der Waals surface area (Å²) in [7, 11) is -3.75.